The minimum absolute atomic E-state index is 0.559. The van der Waals surface area contributed by atoms with E-state index >= 15 is 0 Å². The van der Waals surface area contributed by atoms with E-state index in [1.54, 1.807) is 0 Å². The van der Waals surface area contributed by atoms with Crippen molar-refractivity contribution in [2.75, 3.05) is 5.73 Å². The summed E-state index contributed by atoms with van der Waals surface area (Å²) in [6.07, 6.45) is 2.44. The largest absolute Gasteiger partial charge is 0.398 e. The molecule has 1 saturated carbocycles. The summed E-state index contributed by atoms with van der Waals surface area (Å²) in [5.74, 6) is 0.988. The number of rotatable bonds is 2. The zero-order valence-electron chi connectivity index (χ0n) is 11.2. The van der Waals surface area contributed by atoms with Crippen LogP contribution in [0.5, 0.6) is 0 Å². The van der Waals surface area contributed by atoms with Crippen LogP contribution in [-0.4, -0.2) is 9.55 Å². The van der Waals surface area contributed by atoms with Crippen molar-refractivity contribution in [2.45, 2.75) is 18.9 Å². The van der Waals surface area contributed by atoms with Crippen molar-refractivity contribution in [3.8, 4) is 11.4 Å². The molecule has 1 heterocycles. The average molecular weight is 454 g/mol. The monoisotopic (exact) mass is 453 g/mol. The molecule has 0 atom stereocenters. The molecule has 1 aromatic heterocycles. The van der Waals surface area contributed by atoms with Gasteiger partial charge in [0.1, 0.15) is 5.82 Å². The first kappa shape index (κ1) is 13.6. The van der Waals surface area contributed by atoms with E-state index in [4.69, 9.17) is 10.7 Å². The maximum Gasteiger partial charge on any atom is 0.143 e. The zero-order valence-corrected chi connectivity index (χ0v) is 14.9. The molecule has 0 radical (unpaired) electrons. The molecule has 1 fully saturated rings. The number of imidazole rings is 1. The zero-order chi connectivity index (χ0) is 14.6. The second-order valence-electron chi connectivity index (χ2n) is 5.40. The standard InChI is InChI=1S/C16H13BrIN3/c17-9-1-6-15-14(7-9)20-16(21(15)11-3-4-11)12-8-10(18)2-5-13(12)19/h1-2,5-8,11H,3-4,19H2. The first-order chi connectivity index (χ1) is 10.1. The third-order valence-electron chi connectivity index (χ3n) is 3.82. The Balaban J connectivity index is 2.03. The van der Waals surface area contributed by atoms with Crippen LogP contribution < -0.4 is 5.73 Å². The van der Waals surface area contributed by atoms with Crippen LogP contribution in [0.15, 0.2) is 40.9 Å². The number of benzene rings is 2. The van der Waals surface area contributed by atoms with E-state index in [2.05, 4.69) is 67.4 Å². The van der Waals surface area contributed by atoms with Crippen LogP contribution in [0.1, 0.15) is 18.9 Å². The number of fused-ring (bicyclic) bond motifs is 1. The van der Waals surface area contributed by atoms with Gasteiger partial charge in [-0.05, 0) is 71.8 Å². The Morgan fingerprint density at radius 1 is 1.19 bits per heavy atom. The molecule has 2 aromatic carbocycles. The van der Waals surface area contributed by atoms with Crippen LogP contribution in [-0.2, 0) is 0 Å². The highest BCUT2D eigenvalue weighted by molar-refractivity contribution is 14.1. The summed E-state index contributed by atoms with van der Waals surface area (Å²) >= 11 is 5.84. The average Bonchev–Trinajstić information content (AvgIpc) is 3.22. The number of nitrogen functional groups attached to an aromatic ring is 1. The lowest BCUT2D eigenvalue weighted by Gasteiger charge is -2.10. The van der Waals surface area contributed by atoms with Gasteiger partial charge >= 0.3 is 0 Å². The van der Waals surface area contributed by atoms with E-state index in [-0.39, 0.29) is 0 Å². The van der Waals surface area contributed by atoms with Crippen molar-refractivity contribution in [3.05, 3.63) is 44.4 Å². The third-order valence-corrected chi connectivity index (χ3v) is 4.98. The fraction of sp³-hybridized carbons (Fsp3) is 0.188. The van der Waals surface area contributed by atoms with Crippen molar-refractivity contribution in [3.63, 3.8) is 0 Å². The van der Waals surface area contributed by atoms with Crippen LogP contribution in [0, 0.1) is 3.57 Å². The Bertz CT molecular complexity index is 852. The van der Waals surface area contributed by atoms with Crippen LogP contribution in [0.2, 0.25) is 0 Å². The fourth-order valence-corrected chi connectivity index (χ4v) is 3.53. The summed E-state index contributed by atoms with van der Waals surface area (Å²) in [6, 6.07) is 12.9. The number of nitrogens with zero attached hydrogens (tertiary/aromatic N) is 2. The van der Waals surface area contributed by atoms with Crippen molar-refractivity contribution >= 4 is 55.2 Å². The highest BCUT2D eigenvalue weighted by Crippen LogP contribution is 2.42. The second-order valence-corrected chi connectivity index (χ2v) is 7.56. The van der Waals surface area contributed by atoms with Gasteiger partial charge in [0.15, 0.2) is 0 Å². The van der Waals surface area contributed by atoms with Crippen molar-refractivity contribution in [2.24, 2.45) is 0 Å². The smallest absolute Gasteiger partial charge is 0.143 e. The van der Waals surface area contributed by atoms with E-state index in [1.165, 1.54) is 21.9 Å². The van der Waals surface area contributed by atoms with Crippen molar-refractivity contribution in [1.29, 1.82) is 0 Å². The van der Waals surface area contributed by atoms with Crippen LogP contribution in [0.4, 0.5) is 5.69 Å². The maximum atomic E-state index is 6.20. The summed E-state index contributed by atoms with van der Waals surface area (Å²) < 4.78 is 4.58. The first-order valence-corrected chi connectivity index (χ1v) is 8.73. The first-order valence-electron chi connectivity index (χ1n) is 6.86. The lowest BCUT2D eigenvalue weighted by atomic mass is 10.1. The summed E-state index contributed by atoms with van der Waals surface area (Å²) in [5.41, 5.74) is 10.2. The molecule has 2 N–H and O–H groups in total. The van der Waals surface area contributed by atoms with Gasteiger partial charge in [0.2, 0.25) is 0 Å². The highest BCUT2D eigenvalue weighted by atomic mass is 127. The van der Waals surface area contributed by atoms with Gasteiger partial charge in [0, 0.05) is 25.3 Å². The molecule has 3 aromatic rings. The summed E-state index contributed by atoms with van der Waals surface area (Å²) in [6.45, 7) is 0. The van der Waals surface area contributed by atoms with E-state index in [1.807, 2.05) is 12.1 Å². The number of halogens is 2. The van der Waals surface area contributed by atoms with Gasteiger partial charge in [-0.15, -0.1) is 0 Å². The predicted molar refractivity (Wildman–Crippen MR) is 98.3 cm³/mol. The molecule has 1 aliphatic rings. The minimum atomic E-state index is 0.559. The molecule has 1 aliphatic carbocycles. The van der Waals surface area contributed by atoms with Crippen LogP contribution in [0.3, 0.4) is 0 Å². The topological polar surface area (TPSA) is 43.8 Å². The fourth-order valence-electron chi connectivity index (χ4n) is 2.69. The lowest BCUT2D eigenvalue weighted by molar-refractivity contribution is 0.775. The molecule has 0 saturated heterocycles. The van der Waals surface area contributed by atoms with Gasteiger partial charge in [0.25, 0.3) is 0 Å². The Morgan fingerprint density at radius 2 is 2.00 bits per heavy atom. The molecular formula is C16H13BrIN3. The number of hydrogen-bond acceptors (Lipinski definition) is 2. The number of aromatic nitrogens is 2. The number of nitrogens with two attached hydrogens (primary N) is 1. The van der Waals surface area contributed by atoms with E-state index < -0.39 is 0 Å². The van der Waals surface area contributed by atoms with E-state index in [9.17, 15) is 0 Å². The normalized spacial score (nSPS) is 14.8. The summed E-state index contributed by atoms with van der Waals surface area (Å²) in [4.78, 5) is 4.86. The van der Waals surface area contributed by atoms with Gasteiger partial charge in [0.05, 0.1) is 11.0 Å². The molecule has 0 spiro atoms. The van der Waals surface area contributed by atoms with E-state index in [0.29, 0.717) is 6.04 Å². The van der Waals surface area contributed by atoms with Gasteiger partial charge in [-0.2, -0.15) is 0 Å². The summed E-state index contributed by atoms with van der Waals surface area (Å²) in [5, 5.41) is 0. The number of anilines is 1. The third kappa shape index (κ3) is 2.36. The molecule has 5 heteroatoms. The molecular weight excluding hydrogens is 441 g/mol. The molecule has 0 aliphatic heterocycles. The number of hydrogen-bond donors (Lipinski definition) is 1. The Morgan fingerprint density at radius 3 is 2.76 bits per heavy atom. The molecule has 21 heavy (non-hydrogen) atoms. The Hall–Kier alpha value is -1.08. The van der Waals surface area contributed by atoms with Gasteiger partial charge in [-0.25, -0.2) is 4.98 Å². The molecule has 0 unspecified atom stereocenters. The van der Waals surface area contributed by atoms with E-state index in [0.717, 1.165) is 27.1 Å². The highest BCUT2D eigenvalue weighted by Gasteiger charge is 2.29. The van der Waals surface area contributed by atoms with Gasteiger partial charge in [-0.3, -0.25) is 0 Å². The van der Waals surface area contributed by atoms with Crippen molar-refractivity contribution in [1.82, 2.24) is 9.55 Å². The SMILES string of the molecule is Nc1ccc(I)cc1-c1nc2cc(Br)ccc2n1C1CC1. The van der Waals surface area contributed by atoms with Crippen LogP contribution >= 0.6 is 38.5 Å². The second kappa shape index (κ2) is 4.98. The molecule has 0 bridgehead atoms. The van der Waals surface area contributed by atoms with Gasteiger partial charge < -0.3 is 10.3 Å². The lowest BCUT2D eigenvalue weighted by Crippen LogP contribution is -2.00. The maximum absolute atomic E-state index is 6.20. The Labute approximate surface area is 144 Å². The van der Waals surface area contributed by atoms with Crippen LogP contribution in [0.25, 0.3) is 22.4 Å². The quantitative estimate of drug-likeness (QED) is 0.439. The Kier molecular flexibility index (Phi) is 3.22. The molecule has 4 rings (SSSR count). The summed E-state index contributed by atoms with van der Waals surface area (Å²) in [7, 11) is 0. The van der Waals surface area contributed by atoms with Crippen molar-refractivity contribution < 1.29 is 0 Å². The molecule has 0 amide bonds. The molecule has 3 nitrogen and oxygen atoms in total. The predicted octanol–water partition coefficient (Wildman–Crippen LogP) is 4.99. The van der Waals surface area contributed by atoms with Gasteiger partial charge in [-0.1, -0.05) is 15.9 Å². The molecule has 106 valence electrons. The minimum Gasteiger partial charge on any atom is -0.398 e.